The minimum absolute atomic E-state index is 0.592. The molecule has 13 heavy (non-hydrogen) atoms. The zero-order valence-corrected chi connectivity index (χ0v) is 7.79. The fraction of sp³-hybridized carbons (Fsp3) is 0.455. The van der Waals surface area contributed by atoms with E-state index in [4.69, 9.17) is 4.74 Å². The van der Waals surface area contributed by atoms with E-state index in [1.54, 1.807) is 0 Å². The standard InChI is InChI=1S/C11H14O2/c1-2-13-10-6-4-3-5-9(10)11(12)7-8-11/h3-6,12H,2,7-8H2,1H3. The SMILES string of the molecule is CCOc1ccccc1C1(O)CC1. The molecule has 0 bridgehead atoms. The van der Waals surface area contributed by atoms with Gasteiger partial charge in [0.05, 0.1) is 12.2 Å². The summed E-state index contributed by atoms with van der Waals surface area (Å²) in [6, 6.07) is 7.72. The van der Waals surface area contributed by atoms with E-state index in [1.165, 1.54) is 0 Å². The normalized spacial score (nSPS) is 18.3. The fourth-order valence-electron chi connectivity index (χ4n) is 1.52. The van der Waals surface area contributed by atoms with Gasteiger partial charge in [-0.05, 0) is 25.8 Å². The molecule has 1 aromatic carbocycles. The Balaban J connectivity index is 2.32. The molecule has 0 amide bonds. The second-order valence-electron chi connectivity index (χ2n) is 3.46. The Morgan fingerprint density at radius 1 is 1.38 bits per heavy atom. The number of aliphatic hydroxyl groups is 1. The number of hydrogen-bond acceptors (Lipinski definition) is 2. The van der Waals surface area contributed by atoms with Crippen LogP contribution in [0.5, 0.6) is 5.75 Å². The van der Waals surface area contributed by atoms with E-state index >= 15 is 0 Å². The molecule has 70 valence electrons. The molecule has 1 aliphatic rings. The maximum Gasteiger partial charge on any atom is 0.125 e. The molecule has 0 atom stereocenters. The van der Waals surface area contributed by atoms with Gasteiger partial charge in [0.2, 0.25) is 0 Å². The first-order chi connectivity index (χ1) is 6.26. The van der Waals surface area contributed by atoms with Crippen molar-refractivity contribution < 1.29 is 9.84 Å². The molecule has 0 aromatic heterocycles. The summed E-state index contributed by atoms with van der Waals surface area (Å²) < 4.78 is 5.44. The lowest BCUT2D eigenvalue weighted by Crippen LogP contribution is -2.07. The van der Waals surface area contributed by atoms with E-state index in [9.17, 15) is 5.11 Å². The number of benzene rings is 1. The predicted molar refractivity (Wildman–Crippen MR) is 50.7 cm³/mol. The van der Waals surface area contributed by atoms with Gasteiger partial charge in [0.15, 0.2) is 0 Å². The molecule has 0 heterocycles. The third-order valence-electron chi connectivity index (χ3n) is 2.41. The topological polar surface area (TPSA) is 29.5 Å². The van der Waals surface area contributed by atoms with Crippen LogP contribution in [-0.4, -0.2) is 11.7 Å². The lowest BCUT2D eigenvalue weighted by atomic mass is 10.1. The lowest BCUT2D eigenvalue weighted by molar-refractivity contribution is 0.146. The second kappa shape index (κ2) is 3.04. The minimum atomic E-state index is -0.592. The van der Waals surface area contributed by atoms with Crippen LogP contribution >= 0.6 is 0 Å². The molecule has 1 fully saturated rings. The van der Waals surface area contributed by atoms with E-state index in [1.807, 2.05) is 31.2 Å². The van der Waals surface area contributed by atoms with Crippen molar-refractivity contribution in [1.29, 1.82) is 0 Å². The number of ether oxygens (including phenoxy) is 1. The highest BCUT2D eigenvalue weighted by atomic mass is 16.5. The van der Waals surface area contributed by atoms with Gasteiger partial charge in [-0.25, -0.2) is 0 Å². The zero-order chi connectivity index (χ0) is 9.31. The third-order valence-corrected chi connectivity index (χ3v) is 2.41. The molecule has 2 heteroatoms. The van der Waals surface area contributed by atoms with Gasteiger partial charge in [0.1, 0.15) is 5.75 Å². The maximum absolute atomic E-state index is 9.93. The van der Waals surface area contributed by atoms with Gasteiger partial charge in [-0.2, -0.15) is 0 Å². The van der Waals surface area contributed by atoms with Crippen LogP contribution in [0.25, 0.3) is 0 Å². The molecule has 2 nitrogen and oxygen atoms in total. The van der Waals surface area contributed by atoms with Crippen molar-refractivity contribution in [3.8, 4) is 5.75 Å². The summed E-state index contributed by atoms with van der Waals surface area (Å²) >= 11 is 0. The molecular weight excluding hydrogens is 164 g/mol. The molecule has 2 rings (SSSR count). The van der Waals surface area contributed by atoms with Gasteiger partial charge < -0.3 is 9.84 Å². The largest absolute Gasteiger partial charge is 0.493 e. The van der Waals surface area contributed by atoms with Crippen molar-refractivity contribution in [2.45, 2.75) is 25.4 Å². The average molecular weight is 178 g/mol. The summed E-state index contributed by atoms with van der Waals surface area (Å²) in [6.07, 6.45) is 1.72. The summed E-state index contributed by atoms with van der Waals surface area (Å²) in [4.78, 5) is 0. The first-order valence-corrected chi connectivity index (χ1v) is 4.71. The number of hydrogen-bond donors (Lipinski definition) is 1. The summed E-state index contributed by atoms with van der Waals surface area (Å²) in [5.74, 6) is 0.824. The summed E-state index contributed by atoms with van der Waals surface area (Å²) in [5.41, 5.74) is 0.350. The van der Waals surface area contributed by atoms with Gasteiger partial charge in [0, 0.05) is 5.56 Å². The van der Waals surface area contributed by atoms with Crippen LogP contribution in [0.1, 0.15) is 25.3 Å². The van der Waals surface area contributed by atoms with Gasteiger partial charge in [0.25, 0.3) is 0 Å². The summed E-state index contributed by atoms with van der Waals surface area (Å²) in [7, 11) is 0. The highest BCUT2D eigenvalue weighted by Gasteiger charge is 2.44. The fourth-order valence-corrected chi connectivity index (χ4v) is 1.52. The Kier molecular flexibility index (Phi) is 2.00. The molecule has 0 aliphatic heterocycles. The van der Waals surface area contributed by atoms with E-state index in [0.29, 0.717) is 6.61 Å². The monoisotopic (exact) mass is 178 g/mol. The van der Waals surface area contributed by atoms with Crippen molar-refractivity contribution in [1.82, 2.24) is 0 Å². The van der Waals surface area contributed by atoms with E-state index < -0.39 is 5.60 Å². The van der Waals surface area contributed by atoms with Crippen LogP contribution in [-0.2, 0) is 5.60 Å². The quantitative estimate of drug-likeness (QED) is 0.767. The van der Waals surface area contributed by atoms with Crippen molar-refractivity contribution in [3.05, 3.63) is 29.8 Å². The Bertz CT molecular complexity index is 303. The van der Waals surface area contributed by atoms with Gasteiger partial charge >= 0.3 is 0 Å². The molecule has 1 saturated carbocycles. The van der Waals surface area contributed by atoms with Crippen LogP contribution < -0.4 is 4.74 Å². The van der Waals surface area contributed by atoms with E-state index in [-0.39, 0.29) is 0 Å². The van der Waals surface area contributed by atoms with Crippen molar-refractivity contribution in [2.24, 2.45) is 0 Å². The van der Waals surface area contributed by atoms with Crippen LogP contribution in [0.15, 0.2) is 24.3 Å². The highest BCUT2D eigenvalue weighted by molar-refractivity contribution is 5.40. The summed E-state index contributed by atoms with van der Waals surface area (Å²) in [6.45, 7) is 2.60. The minimum Gasteiger partial charge on any atom is -0.493 e. The smallest absolute Gasteiger partial charge is 0.125 e. The molecule has 1 aliphatic carbocycles. The summed E-state index contributed by atoms with van der Waals surface area (Å²) in [5, 5.41) is 9.93. The first kappa shape index (κ1) is 8.57. The first-order valence-electron chi connectivity index (χ1n) is 4.71. The molecule has 0 saturated heterocycles. The van der Waals surface area contributed by atoms with Crippen molar-refractivity contribution >= 4 is 0 Å². The van der Waals surface area contributed by atoms with Crippen molar-refractivity contribution in [3.63, 3.8) is 0 Å². The average Bonchev–Trinajstić information content (AvgIpc) is 2.86. The molecule has 1 N–H and O–H groups in total. The van der Waals surface area contributed by atoms with Crippen LogP contribution in [0.4, 0.5) is 0 Å². The third kappa shape index (κ3) is 1.54. The van der Waals surface area contributed by atoms with Crippen LogP contribution in [0.2, 0.25) is 0 Å². The van der Waals surface area contributed by atoms with E-state index in [2.05, 4.69) is 0 Å². The van der Waals surface area contributed by atoms with Gasteiger partial charge in [-0.15, -0.1) is 0 Å². The van der Waals surface area contributed by atoms with Crippen LogP contribution in [0, 0.1) is 0 Å². The lowest BCUT2D eigenvalue weighted by Gasteiger charge is -2.13. The van der Waals surface area contributed by atoms with Crippen molar-refractivity contribution in [2.75, 3.05) is 6.61 Å². The Morgan fingerprint density at radius 3 is 2.69 bits per heavy atom. The number of para-hydroxylation sites is 1. The van der Waals surface area contributed by atoms with Gasteiger partial charge in [-0.1, -0.05) is 18.2 Å². The maximum atomic E-state index is 9.93. The molecule has 0 unspecified atom stereocenters. The zero-order valence-electron chi connectivity index (χ0n) is 7.79. The Labute approximate surface area is 78.2 Å². The van der Waals surface area contributed by atoms with Crippen LogP contribution in [0.3, 0.4) is 0 Å². The van der Waals surface area contributed by atoms with Gasteiger partial charge in [-0.3, -0.25) is 0 Å². The Hall–Kier alpha value is -1.02. The highest BCUT2D eigenvalue weighted by Crippen LogP contribution is 2.48. The molecule has 1 aromatic rings. The molecular formula is C11H14O2. The van der Waals surface area contributed by atoms with E-state index in [0.717, 1.165) is 24.2 Å². The predicted octanol–water partition coefficient (Wildman–Crippen LogP) is 2.07. The Morgan fingerprint density at radius 2 is 2.08 bits per heavy atom. The number of rotatable bonds is 3. The second-order valence-corrected chi connectivity index (χ2v) is 3.46. The molecule has 0 spiro atoms. The molecule has 0 radical (unpaired) electrons.